The molecule has 0 bridgehead atoms. The third-order valence-electron chi connectivity index (χ3n) is 2.57. The standard InChI is InChI=1S/C7H14O/c1-3-7(2)4-6(7)5-8/h6,8H,3-5H2,1-2H3/t6-,7-/m1/s1. The maximum atomic E-state index is 8.67. The molecule has 0 spiro atoms. The second-order valence-electron chi connectivity index (χ2n) is 3.09. The van der Waals surface area contributed by atoms with Gasteiger partial charge < -0.3 is 5.11 Å². The number of rotatable bonds is 2. The summed E-state index contributed by atoms with van der Waals surface area (Å²) in [5.74, 6) is 0.618. The van der Waals surface area contributed by atoms with Crippen molar-refractivity contribution in [1.29, 1.82) is 0 Å². The van der Waals surface area contributed by atoms with E-state index >= 15 is 0 Å². The van der Waals surface area contributed by atoms with E-state index in [1.807, 2.05) is 0 Å². The molecule has 0 aromatic heterocycles. The molecule has 1 aliphatic rings. The van der Waals surface area contributed by atoms with Gasteiger partial charge in [-0.1, -0.05) is 20.3 Å². The summed E-state index contributed by atoms with van der Waals surface area (Å²) in [6.45, 7) is 4.83. The molecule has 1 aliphatic carbocycles. The topological polar surface area (TPSA) is 20.2 Å². The molecule has 0 saturated heterocycles. The molecule has 0 aromatic rings. The lowest BCUT2D eigenvalue weighted by Gasteiger charge is -2.02. The van der Waals surface area contributed by atoms with Gasteiger partial charge in [0.15, 0.2) is 0 Å². The SMILES string of the molecule is CC[C@]1(C)C[C@@H]1CO. The van der Waals surface area contributed by atoms with Crippen LogP contribution in [-0.4, -0.2) is 11.7 Å². The molecule has 8 heavy (non-hydrogen) atoms. The normalized spacial score (nSPS) is 44.6. The minimum atomic E-state index is 0.393. The molecular formula is C7H14O. The van der Waals surface area contributed by atoms with E-state index in [0.29, 0.717) is 17.9 Å². The molecule has 0 radical (unpaired) electrons. The van der Waals surface area contributed by atoms with Crippen LogP contribution in [0.5, 0.6) is 0 Å². The lowest BCUT2D eigenvalue weighted by molar-refractivity contribution is 0.251. The van der Waals surface area contributed by atoms with E-state index < -0.39 is 0 Å². The zero-order valence-electron chi connectivity index (χ0n) is 5.65. The average Bonchev–Trinajstić information content (AvgIpc) is 2.44. The number of aliphatic hydroxyl groups is 1. The fraction of sp³-hybridized carbons (Fsp3) is 1.00. The fourth-order valence-electron chi connectivity index (χ4n) is 1.22. The highest BCUT2D eigenvalue weighted by Crippen LogP contribution is 2.54. The Morgan fingerprint density at radius 1 is 1.75 bits per heavy atom. The molecule has 1 rings (SSSR count). The van der Waals surface area contributed by atoms with Crippen molar-refractivity contribution < 1.29 is 5.11 Å². The van der Waals surface area contributed by atoms with Crippen molar-refractivity contribution in [3.8, 4) is 0 Å². The van der Waals surface area contributed by atoms with Gasteiger partial charge in [0, 0.05) is 6.61 Å². The zero-order chi connectivity index (χ0) is 6.20. The van der Waals surface area contributed by atoms with Crippen LogP contribution in [-0.2, 0) is 0 Å². The molecule has 1 N–H and O–H groups in total. The van der Waals surface area contributed by atoms with E-state index in [0.717, 1.165) is 0 Å². The van der Waals surface area contributed by atoms with Gasteiger partial charge in [0.25, 0.3) is 0 Å². The molecule has 0 aliphatic heterocycles. The van der Waals surface area contributed by atoms with Crippen LogP contribution in [0.2, 0.25) is 0 Å². The van der Waals surface area contributed by atoms with Crippen molar-refractivity contribution in [3.63, 3.8) is 0 Å². The minimum absolute atomic E-state index is 0.393. The van der Waals surface area contributed by atoms with E-state index in [1.165, 1.54) is 12.8 Å². The van der Waals surface area contributed by atoms with Crippen LogP contribution in [0.4, 0.5) is 0 Å². The van der Waals surface area contributed by atoms with Crippen LogP contribution in [0.25, 0.3) is 0 Å². The average molecular weight is 114 g/mol. The van der Waals surface area contributed by atoms with Crippen molar-refractivity contribution in [2.24, 2.45) is 11.3 Å². The summed E-state index contributed by atoms with van der Waals surface area (Å²) < 4.78 is 0. The molecule has 0 amide bonds. The molecule has 1 fully saturated rings. The van der Waals surface area contributed by atoms with Gasteiger partial charge in [-0.25, -0.2) is 0 Å². The van der Waals surface area contributed by atoms with Crippen LogP contribution in [0.3, 0.4) is 0 Å². The molecule has 0 unspecified atom stereocenters. The van der Waals surface area contributed by atoms with Crippen LogP contribution in [0.15, 0.2) is 0 Å². The van der Waals surface area contributed by atoms with Crippen molar-refractivity contribution in [1.82, 2.24) is 0 Å². The predicted octanol–water partition coefficient (Wildman–Crippen LogP) is 1.41. The van der Waals surface area contributed by atoms with Crippen molar-refractivity contribution in [2.45, 2.75) is 26.7 Å². The maximum Gasteiger partial charge on any atom is 0.0464 e. The summed E-state index contributed by atoms with van der Waals surface area (Å²) >= 11 is 0. The third kappa shape index (κ3) is 0.752. The molecule has 1 heteroatoms. The zero-order valence-corrected chi connectivity index (χ0v) is 5.65. The third-order valence-corrected chi connectivity index (χ3v) is 2.57. The van der Waals surface area contributed by atoms with E-state index in [-0.39, 0.29) is 0 Å². The summed E-state index contributed by atoms with van der Waals surface area (Å²) in [6, 6.07) is 0. The van der Waals surface area contributed by atoms with Crippen LogP contribution in [0.1, 0.15) is 26.7 Å². The largest absolute Gasteiger partial charge is 0.396 e. The van der Waals surface area contributed by atoms with Gasteiger partial charge in [0.2, 0.25) is 0 Å². The first-order valence-corrected chi connectivity index (χ1v) is 3.34. The molecular weight excluding hydrogens is 100 g/mol. The summed E-state index contributed by atoms with van der Waals surface area (Å²) in [6.07, 6.45) is 2.46. The highest BCUT2D eigenvalue weighted by Gasteiger charge is 2.47. The van der Waals surface area contributed by atoms with Gasteiger partial charge in [-0.3, -0.25) is 0 Å². The number of hydrogen-bond donors (Lipinski definition) is 1. The van der Waals surface area contributed by atoms with E-state index in [2.05, 4.69) is 13.8 Å². The Labute approximate surface area is 50.7 Å². The van der Waals surface area contributed by atoms with Gasteiger partial charge in [-0.2, -0.15) is 0 Å². The highest BCUT2D eigenvalue weighted by molar-refractivity contribution is 4.96. The Morgan fingerprint density at radius 2 is 2.38 bits per heavy atom. The first kappa shape index (κ1) is 6.09. The Bertz CT molecular complexity index is 90.4. The predicted molar refractivity (Wildman–Crippen MR) is 33.6 cm³/mol. The van der Waals surface area contributed by atoms with E-state index in [4.69, 9.17) is 5.11 Å². The number of hydrogen-bond acceptors (Lipinski definition) is 1. The van der Waals surface area contributed by atoms with Crippen LogP contribution < -0.4 is 0 Å². The van der Waals surface area contributed by atoms with Crippen LogP contribution >= 0.6 is 0 Å². The van der Waals surface area contributed by atoms with Crippen molar-refractivity contribution >= 4 is 0 Å². The monoisotopic (exact) mass is 114 g/mol. The summed E-state index contributed by atoms with van der Waals surface area (Å²) in [5, 5.41) is 8.67. The highest BCUT2D eigenvalue weighted by atomic mass is 16.3. The Morgan fingerprint density at radius 3 is 2.50 bits per heavy atom. The quantitative estimate of drug-likeness (QED) is 0.575. The van der Waals surface area contributed by atoms with Crippen molar-refractivity contribution in [2.75, 3.05) is 6.61 Å². The van der Waals surface area contributed by atoms with Gasteiger partial charge in [-0.05, 0) is 17.8 Å². The van der Waals surface area contributed by atoms with Gasteiger partial charge in [0.1, 0.15) is 0 Å². The smallest absolute Gasteiger partial charge is 0.0464 e. The molecule has 0 heterocycles. The fourth-order valence-corrected chi connectivity index (χ4v) is 1.22. The molecule has 2 atom stereocenters. The summed E-state index contributed by atoms with van der Waals surface area (Å²) in [7, 11) is 0. The van der Waals surface area contributed by atoms with Gasteiger partial charge in [-0.15, -0.1) is 0 Å². The lowest BCUT2D eigenvalue weighted by Crippen LogP contribution is -1.97. The minimum Gasteiger partial charge on any atom is -0.396 e. The summed E-state index contributed by atoms with van der Waals surface area (Å²) in [5.41, 5.74) is 0.509. The second kappa shape index (κ2) is 1.73. The Balaban J connectivity index is 2.31. The Hall–Kier alpha value is -0.0400. The molecule has 0 aromatic carbocycles. The Kier molecular flexibility index (Phi) is 1.31. The van der Waals surface area contributed by atoms with E-state index in [9.17, 15) is 0 Å². The van der Waals surface area contributed by atoms with Gasteiger partial charge in [0.05, 0.1) is 0 Å². The van der Waals surface area contributed by atoms with E-state index in [1.54, 1.807) is 0 Å². The van der Waals surface area contributed by atoms with Gasteiger partial charge >= 0.3 is 0 Å². The molecule has 1 nitrogen and oxygen atoms in total. The number of aliphatic hydroxyl groups excluding tert-OH is 1. The van der Waals surface area contributed by atoms with Crippen LogP contribution in [0, 0.1) is 11.3 Å². The molecule has 48 valence electrons. The first-order chi connectivity index (χ1) is 3.73. The summed E-state index contributed by atoms with van der Waals surface area (Å²) in [4.78, 5) is 0. The lowest BCUT2D eigenvalue weighted by atomic mass is 10.0. The first-order valence-electron chi connectivity index (χ1n) is 3.34. The maximum absolute atomic E-state index is 8.67. The second-order valence-corrected chi connectivity index (χ2v) is 3.09. The molecule has 1 saturated carbocycles. The van der Waals surface area contributed by atoms with Crippen molar-refractivity contribution in [3.05, 3.63) is 0 Å².